The van der Waals surface area contributed by atoms with Crippen molar-refractivity contribution in [2.24, 2.45) is 5.73 Å². The van der Waals surface area contributed by atoms with Crippen molar-refractivity contribution >= 4 is 11.0 Å². The van der Waals surface area contributed by atoms with Gasteiger partial charge in [-0.1, -0.05) is 12.1 Å². The van der Waals surface area contributed by atoms with E-state index in [1.54, 1.807) is 0 Å². The zero-order valence-electron chi connectivity index (χ0n) is 8.20. The van der Waals surface area contributed by atoms with Gasteiger partial charge >= 0.3 is 0 Å². The van der Waals surface area contributed by atoms with E-state index in [2.05, 4.69) is 34.7 Å². The van der Waals surface area contributed by atoms with Crippen LogP contribution in [0.25, 0.3) is 11.0 Å². The van der Waals surface area contributed by atoms with Gasteiger partial charge in [0, 0.05) is 19.0 Å². The van der Waals surface area contributed by atoms with Crippen LogP contribution < -0.4 is 5.73 Å². The van der Waals surface area contributed by atoms with Gasteiger partial charge in [-0.25, -0.2) is 4.98 Å². The second kappa shape index (κ2) is 2.58. The van der Waals surface area contributed by atoms with Crippen LogP contribution in [0.3, 0.4) is 0 Å². The van der Waals surface area contributed by atoms with Crippen LogP contribution in [0.1, 0.15) is 11.4 Å². The summed E-state index contributed by atoms with van der Waals surface area (Å²) in [5.74, 6) is 1.14. The Labute approximate surface area is 82.5 Å². The SMILES string of the molecule is Cc1cccc2c1nc1n2CC(N)C1. The monoisotopic (exact) mass is 187 g/mol. The number of hydrogen-bond donors (Lipinski definition) is 1. The van der Waals surface area contributed by atoms with Gasteiger partial charge in [-0.3, -0.25) is 0 Å². The molecule has 3 rings (SSSR count). The summed E-state index contributed by atoms with van der Waals surface area (Å²) in [6, 6.07) is 6.56. The number of nitrogens with zero attached hydrogens (tertiary/aromatic N) is 2. The van der Waals surface area contributed by atoms with Crippen molar-refractivity contribution in [1.82, 2.24) is 9.55 Å². The molecule has 1 atom stereocenters. The van der Waals surface area contributed by atoms with Crippen LogP contribution in [0, 0.1) is 6.92 Å². The first-order chi connectivity index (χ1) is 6.75. The molecule has 0 saturated carbocycles. The van der Waals surface area contributed by atoms with E-state index in [1.165, 1.54) is 11.1 Å². The highest BCUT2D eigenvalue weighted by atomic mass is 15.1. The molecule has 3 nitrogen and oxygen atoms in total. The molecule has 1 aliphatic rings. The number of aryl methyl sites for hydroxylation is 1. The van der Waals surface area contributed by atoms with Crippen molar-refractivity contribution in [2.45, 2.75) is 25.9 Å². The summed E-state index contributed by atoms with van der Waals surface area (Å²) in [4.78, 5) is 4.63. The third kappa shape index (κ3) is 0.930. The Morgan fingerprint density at radius 2 is 2.36 bits per heavy atom. The summed E-state index contributed by atoms with van der Waals surface area (Å²) in [6.45, 7) is 3.01. The third-order valence-corrected chi connectivity index (χ3v) is 2.92. The molecule has 0 saturated heterocycles. The molecule has 1 unspecified atom stereocenters. The Balaban J connectivity index is 2.33. The van der Waals surface area contributed by atoms with Gasteiger partial charge in [-0.15, -0.1) is 0 Å². The maximum Gasteiger partial charge on any atom is 0.111 e. The van der Waals surface area contributed by atoms with Gasteiger partial charge in [0.25, 0.3) is 0 Å². The summed E-state index contributed by atoms with van der Waals surface area (Å²) in [5.41, 5.74) is 9.51. The molecule has 72 valence electrons. The molecule has 0 bridgehead atoms. The van der Waals surface area contributed by atoms with E-state index in [1.807, 2.05) is 0 Å². The van der Waals surface area contributed by atoms with Crippen molar-refractivity contribution in [1.29, 1.82) is 0 Å². The normalized spacial score (nSPS) is 20.3. The first kappa shape index (κ1) is 8.00. The zero-order valence-corrected chi connectivity index (χ0v) is 8.20. The van der Waals surface area contributed by atoms with Crippen molar-refractivity contribution < 1.29 is 0 Å². The van der Waals surface area contributed by atoms with E-state index in [4.69, 9.17) is 5.73 Å². The van der Waals surface area contributed by atoms with E-state index in [0.717, 1.165) is 24.3 Å². The molecule has 1 aromatic carbocycles. The van der Waals surface area contributed by atoms with Crippen LogP contribution >= 0.6 is 0 Å². The average Bonchev–Trinajstić information content (AvgIpc) is 2.63. The van der Waals surface area contributed by atoms with Gasteiger partial charge in [0.1, 0.15) is 5.82 Å². The third-order valence-electron chi connectivity index (χ3n) is 2.92. The second-order valence-corrected chi connectivity index (χ2v) is 4.05. The largest absolute Gasteiger partial charge is 0.326 e. The van der Waals surface area contributed by atoms with Crippen LogP contribution in [0.2, 0.25) is 0 Å². The molecular weight excluding hydrogens is 174 g/mol. The molecule has 2 N–H and O–H groups in total. The van der Waals surface area contributed by atoms with Gasteiger partial charge in [0.05, 0.1) is 11.0 Å². The number of hydrogen-bond acceptors (Lipinski definition) is 2. The molecule has 0 aliphatic carbocycles. The van der Waals surface area contributed by atoms with Crippen molar-refractivity contribution in [3.05, 3.63) is 29.6 Å². The molecular formula is C11H13N3. The minimum Gasteiger partial charge on any atom is -0.326 e. The molecule has 0 spiro atoms. The van der Waals surface area contributed by atoms with Crippen LogP contribution in [-0.4, -0.2) is 15.6 Å². The number of benzene rings is 1. The van der Waals surface area contributed by atoms with Crippen LogP contribution in [0.15, 0.2) is 18.2 Å². The number of fused-ring (bicyclic) bond motifs is 3. The van der Waals surface area contributed by atoms with E-state index >= 15 is 0 Å². The number of rotatable bonds is 0. The van der Waals surface area contributed by atoms with Gasteiger partial charge in [0.15, 0.2) is 0 Å². The molecule has 0 radical (unpaired) electrons. The van der Waals surface area contributed by atoms with Crippen LogP contribution in [0.4, 0.5) is 0 Å². The number of para-hydroxylation sites is 1. The van der Waals surface area contributed by atoms with Gasteiger partial charge in [-0.2, -0.15) is 0 Å². The molecule has 14 heavy (non-hydrogen) atoms. The standard InChI is InChI=1S/C11H13N3/c1-7-3-2-4-9-11(7)13-10-5-8(12)6-14(9)10/h2-4,8H,5-6,12H2,1H3. The maximum atomic E-state index is 5.90. The lowest BCUT2D eigenvalue weighted by molar-refractivity contribution is 0.652. The summed E-state index contributed by atoms with van der Waals surface area (Å²) in [7, 11) is 0. The smallest absolute Gasteiger partial charge is 0.111 e. The highest BCUT2D eigenvalue weighted by Crippen LogP contribution is 2.24. The molecule has 1 aromatic heterocycles. The van der Waals surface area contributed by atoms with E-state index in [0.29, 0.717) is 0 Å². The van der Waals surface area contributed by atoms with E-state index in [9.17, 15) is 0 Å². The van der Waals surface area contributed by atoms with Gasteiger partial charge in [0.2, 0.25) is 0 Å². The Morgan fingerprint density at radius 3 is 3.21 bits per heavy atom. The Kier molecular flexibility index (Phi) is 1.47. The lowest BCUT2D eigenvalue weighted by Crippen LogP contribution is -2.20. The van der Waals surface area contributed by atoms with Gasteiger partial charge < -0.3 is 10.3 Å². The Hall–Kier alpha value is -1.35. The predicted molar refractivity (Wildman–Crippen MR) is 56.1 cm³/mol. The minimum atomic E-state index is 0.252. The average molecular weight is 187 g/mol. The van der Waals surface area contributed by atoms with Crippen molar-refractivity contribution in [3.8, 4) is 0 Å². The fourth-order valence-electron chi connectivity index (χ4n) is 2.23. The summed E-state index contributed by atoms with van der Waals surface area (Å²) < 4.78 is 2.24. The summed E-state index contributed by atoms with van der Waals surface area (Å²) >= 11 is 0. The van der Waals surface area contributed by atoms with E-state index < -0.39 is 0 Å². The first-order valence-electron chi connectivity index (χ1n) is 4.96. The summed E-state index contributed by atoms with van der Waals surface area (Å²) in [6.07, 6.45) is 0.911. The fraction of sp³-hybridized carbons (Fsp3) is 0.364. The number of nitrogens with two attached hydrogens (primary N) is 1. The summed E-state index contributed by atoms with van der Waals surface area (Å²) in [5, 5.41) is 0. The van der Waals surface area contributed by atoms with Gasteiger partial charge in [-0.05, 0) is 18.6 Å². The highest BCUT2D eigenvalue weighted by molar-refractivity contribution is 5.79. The number of imidazole rings is 1. The minimum absolute atomic E-state index is 0.252. The van der Waals surface area contributed by atoms with Crippen LogP contribution in [-0.2, 0) is 13.0 Å². The molecule has 3 heteroatoms. The highest BCUT2D eigenvalue weighted by Gasteiger charge is 2.22. The molecule has 1 aliphatic heterocycles. The topological polar surface area (TPSA) is 43.8 Å². The van der Waals surface area contributed by atoms with Crippen molar-refractivity contribution in [2.75, 3.05) is 0 Å². The fourth-order valence-corrected chi connectivity index (χ4v) is 2.23. The Bertz CT molecular complexity index is 498. The zero-order chi connectivity index (χ0) is 9.71. The maximum absolute atomic E-state index is 5.90. The first-order valence-corrected chi connectivity index (χ1v) is 4.96. The quantitative estimate of drug-likeness (QED) is 0.674. The molecule has 2 aromatic rings. The number of aromatic nitrogens is 2. The lowest BCUT2D eigenvalue weighted by Gasteiger charge is -2.02. The molecule has 0 fully saturated rings. The Morgan fingerprint density at radius 1 is 1.50 bits per heavy atom. The lowest BCUT2D eigenvalue weighted by atomic mass is 10.2. The second-order valence-electron chi connectivity index (χ2n) is 4.05. The molecule has 0 amide bonds. The molecule has 2 heterocycles. The predicted octanol–water partition coefficient (Wildman–Crippen LogP) is 1.23. The van der Waals surface area contributed by atoms with Crippen LogP contribution in [0.5, 0.6) is 0 Å². The van der Waals surface area contributed by atoms with E-state index in [-0.39, 0.29) is 6.04 Å². The van der Waals surface area contributed by atoms with Crippen molar-refractivity contribution in [3.63, 3.8) is 0 Å².